The van der Waals surface area contributed by atoms with Gasteiger partial charge in [0.2, 0.25) is 10.0 Å². The van der Waals surface area contributed by atoms with Crippen LogP contribution >= 0.6 is 0 Å². The molecule has 1 amide bonds. The molecule has 3 aromatic rings. The lowest BCUT2D eigenvalue weighted by molar-refractivity contribution is 0.0730. The predicted molar refractivity (Wildman–Crippen MR) is 125 cm³/mol. The van der Waals surface area contributed by atoms with Crippen molar-refractivity contribution in [2.45, 2.75) is 4.90 Å². The standard InChI is InChI=1S/C23H26N6O4S/c30-23(27-11-9-26(10-12-27)22-3-1-2-8-24-22)21-17-28(18-25-21)19-4-6-20(7-5-19)34(31,32)29-13-15-33-16-14-29/h1-8,17-18H,9-16H2. The maximum Gasteiger partial charge on any atom is 0.274 e. The zero-order valence-electron chi connectivity index (χ0n) is 18.7. The number of morpholine rings is 1. The summed E-state index contributed by atoms with van der Waals surface area (Å²) in [7, 11) is -3.55. The molecule has 11 heteroatoms. The summed E-state index contributed by atoms with van der Waals surface area (Å²) in [6, 6.07) is 12.4. The molecule has 0 N–H and O–H groups in total. The summed E-state index contributed by atoms with van der Waals surface area (Å²) in [5.41, 5.74) is 1.09. The second-order valence-corrected chi connectivity index (χ2v) is 10.1. The Bertz CT molecular complexity index is 1230. The Morgan fingerprint density at radius 3 is 2.29 bits per heavy atom. The molecule has 0 aliphatic carbocycles. The molecule has 2 fully saturated rings. The molecule has 0 unspecified atom stereocenters. The maximum absolute atomic E-state index is 13.0. The van der Waals surface area contributed by atoms with E-state index in [9.17, 15) is 13.2 Å². The first-order chi connectivity index (χ1) is 16.5. The van der Waals surface area contributed by atoms with Gasteiger partial charge in [-0.15, -0.1) is 0 Å². The van der Waals surface area contributed by atoms with E-state index in [1.165, 1.54) is 4.31 Å². The van der Waals surface area contributed by atoms with Crippen molar-refractivity contribution in [3.05, 3.63) is 66.9 Å². The number of anilines is 1. The molecule has 34 heavy (non-hydrogen) atoms. The summed E-state index contributed by atoms with van der Waals surface area (Å²) >= 11 is 0. The third-order valence-corrected chi connectivity index (χ3v) is 8.00. The molecule has 178 valence electrons. The summed E-state index contributed by atoms with van der Waals surface area (Å²) in [5.74, 6) is 0.795. The van der Waals surface area contributed by atoms with Gasteiger partial charge in [0, 0.05) is 57.3 Å². The van der Waals surface area contributed by atoms with Gasteiger partial charge in [-0.1, -0.05) is 6.07 Å². The number of piperazine rings is 1. The minimum absolute atomic E-state index is 0.120. The SMILES string of the molecule is O=C(c1cn(-c2ccc(S(=O)(=O)N3CCOCC3)cc2)cn1)N1CCN(c2ccccn2)CC1. The second-order valence-electron chi connectivity index (χ2n) is 8.14. The molecule has 0 spiro atoms. The molecular formula is C23H26N6O4S. The lowest BCUT2D eigenvalue weighted by Gasteiger charge is -2.35. The highest BCUT2D eigenvalue weighted by atomic mass is 32.2. The van der Waals surface area contributed by atoms with Crippen LogP contribution in [-0.2, 0) is 14.8 Å². The van der Waals surface area contributed by atoms with Crippen LogP contribution in [0.25, 0.3) is 5.69 Å². The van der Waals surface area contributed by atoms with Crippen LogP contribution in [0.2, 0.25) is 0 Å². The topological polar surface area (TPSA) is 101 Å². The largest absolute Gasteiger partial charge is 0.379 e. The van der Waals surface area contributed by atoms with Gasteiger partial charge in [0.25, 0.3) is 5.91 Å². The Balaban J connectivity index is 1.24. The number of nitrogens with zero attached hydrogens (tertiary/aromatic N) is 6. The molecule has 1 aromatic carbocycles. The highest BCUT2D eigenvalue weighted by Gasteiger charge is 2.27. The number of sulfonamides is 1. The van der Waals surface area contributed by atoms with Crippen LogP contribution in [-0.4, -0.2) is 90.5 Å². The second kappa shape index (κ2) is 9.53. The van der Waals surface area contributed by atoms with Crippen molar-refractivity contribution in [3.8, 4) is 5.69 Å². The Kier molecular flexibility index (Phi) is 6.31. The van der Waals surface area contributed by atoms with Gasteiger partial charge in [-0.05, 0) is 36.4 Å². The first kappa shape index (κ1) is 22.5. The molecule has 2 aliphatic rings. The van der Waals surface area contributed by atoms with Crippen molar-refractivity contribution >= 4 is 21.7 Å². The van der Waals surface area contributed by atoms with E-state index < -0.39 is 10.0 Å². The fourth-order valence-electron chi connectivity index (χ4n) is 4.14. The Labute approximate surface area is 198 Å². The Morgan fingerprint density at radius 2 is 1.62 bits per heavy atom. The van der Waals surface area contributed by atoms with Gasteiger partial charge < -0.3 is 19.1 Å². The highest BCUT2D eigenvalue weighted by Crippen LogP contribution is 2.20. The van der Waals surface area contributed by atoms with Crippen molar-refractivity contribution in [3.63, 3.8) is 0 Å². The Hall–Kier alpha value is -3.28. The molecule has 0 radical (unpaired) electrons. The minimum atomic E-state index is -3.55. The maximum atomic E-state index is 13.0. The third-order valence-electron chi connectivity index (χ3n) is 6.08. The molecule has 2 aliphatic heterocycles. The van der Waals surface area contributed by atoms with Gasteiger partial charge in [-0.25, -0.2) is 18.4 Å². The zero-order chi connectivity index (χ0) is 23.5. The lowest BCUT2D eigenvalue weighted by Crippen LogP contribution is -2.49. The zero-order valence-corrected chi connectivity index (χ0v) is 19.5. The molecule has 2 saturated heterocycles. The van der Waals surface area contributed by atoms with E-state index in [0.29, 0.717) is 58.2 Å². The summed E-state index contributed by atoms with van der Waals surface area (Å²) in [4.78, 5) is 25.8. The number of hydrogen-bond donors (Lipinski definition) is 0. The van der Waals surface area contributed by atoms with Crippen molar-refractivity contribution in [2.24, 2.45) is 0 Å². The molecule has 4 heterocycles. The van der Waals surface area contributed by atoms with Crippen molar-refractivity contribution in [2.75, 3.05) is 57.4 Å². The quantitative estimate of drug-likeness (QED) is 0.540. The fraction of sp³-hybridized carbons (Fsp3) is 0.348. The molecule has 0 atom stereocenters. The van der Waals surface area contributed by atoms with Crippen LogP contribution in [0.5, 0.6) is 0 Å². The third kappa shape index (κ3) is 4.54. The molecule has 2 aromatic heterocycles. The molecule has 0 saturated carbocycles. The highest BCUT2D eigenvalue weighted by molar-refractivity contribution is 7.89. The van der Waals surface area contributed by atoms with E-state index in [1.54, 1.807) is 52.5 Å². The average Bonchev–Trinajstić information content (AvgIpc) is 3.40. The number of rotatable bonds is 5. The van der Waals surface area contributed by atoms with E-state index in [1.807, 2.05) is 18.2 Å². The summed E-state index contributed by atoms with van der Waals surface area (Å²) in [6.45, 7) is 4.13. The van der Waals surface area contributed by atoms with Crippen LogP contribution in [0, 0.1) is 0 Å². The first-order valence-electron chi connectivity index (χ1n) is 11.2. The lowest BCUT2D eigenvalue weighted by atomic mass is 10.2. The predicted octanol–water partition coefficient (Wildman–Crippen LogP) is 1.25. The van der Waals surface area contributed by atoms with E-state index >= 15 is 0 Å². The smallest absolute Gasteiger partial charge is 0.274 e. The average molecular weight is 483 g/mol. The van der Waals surface area contributed by atoms with Gasteiger partial charge in [-0.2, -0.15) is 4.31 Å². The van der Waals surface area contributed by atoms with E-state index in [2.05, 4.69) is 14.9 Å². The number of benzene rings is 1. The van der Waals surface area contributed by atoms with Crippen LogP contribution in [0.15, 0.2) is 66.1 Å². The van der Waals surface area contributed by atoms with Gasteiger partial charge in [-0.3, -0.25) is 4.79 Å². The molecule has 5 rings (SSSR count). The molecular weight excluding hydrogens is 456 g/mol. The van der Waals surface area contributed by atoms with E-state index in [-0.39, 0.29) is 10.8 Å². The summed E-state index contributed by atoms with van der Waals surface area (Å²) < 4.78 is 34.0. The number of amides is 1. The van der Waals surface area contributed by atoms with Gasteiger partial charge >= 0.3 is 0 Å². The number of carbonyl (C=O) groups is 1. The van der Waals surface area contributed by atoms with Gasteiger partial charge in [0.1, 0.15) is 17.8 Å². The van der Waals surface area contributed by atoms with E-state index in [0.717, 1.165) is 11.5 Å². The summed E-state index contributed by atoms with van der Waals surface area (Å²) in [6.07, 6.45) is 5.02. The molecule has 0 bridgehead atoms. The summed E-state index contributed by atoms with van der Waals surface area (Å²) in [5, 5.41) is 0. The number of pyridine rings is 1. The molecule has 10 nitrogen and oxygen atoms in total. The van der Waals surface area contributed by atoms with Gasteiger partial charge in [0.05, 0.1) is 18.1 Å². The first-order valence-corrected chi connectivity index (χ1v) is 12.6. The number of ether oxygens (including phenoxy) is 1. The van der Waals surface area contributed by atoms with Crippen LogP contribution in [0.3, 0.4) is 0 Å². The minimum Gasteiger partial charge on any atom is -0.379 e. The number of carbonyl (C=O) groups excluding carboxylic acids is 1. The van der Waals surface area contributed by atoms with Gasteiger partial charge in [0.15, 0.2) is 0 Å². The Morgan fingerprint density at radius 1 is 0.882 bits per heavy atom. The van der Waals surface area contributed by atoms with Crippen LogP contribution < -0.4 is 4.90 Å². The normalized spacial score (nSPS) is 17.6. The number of hydrogen-bond acceptors (Lipinski definition) is 7. The number of aromatic nitrogens is 3. The van der Waals surface area contributed by atoms with Crippen molar-refractivity contribution < 1.29 is 17.9 Å². The van der Waals surface area contributed by atoms with Crippen LogP contribution in [0.1, 0.15) is 10.5 Å². The fourth-order valence-corrected chi connectivity index (χ4v) is 5.55. The van der Waals surface area contributed by atoms with Crippen molar-refractivity contribution in [1.82, 2.24) is 23.7 Å². The monoisotopic (exact) mass is 482 g/mol. The van der Waals surface area contributed by atoms with E-state index in [4.69, 9.17) is 4.74 Å². The number of imidazole rings is 1. The van der Waals surface area contributed by atoms with Crippen LogP contribution in [0.4, 0.5) is 5.82 Å². The van der Waals surface area contributed by atoms with Crippen molar-refractivity contribution in [1.29, 1.82) is 0 Å².